The van der Waals surface area contributed by atoms with E-state index in [0.717, 1.165) is 25.9 Å². The second-order valence-electron chi connectivity index (χ2n) is 4.35. The van der Waals surface area contributed by atoms with Crippen LogP contribution in [0.3, 0.4) is 0 Å². The summed E-state index contributed by atoms with van der Waals surface area (Å²) in [5.41, 5.74) is 5.27. The van der Waals surface area contributed by atoms with E-state index < -0.39 is 0 Å². The van der Waals surface area contributed by atoms with Crippen LogP contribution in [0.25, 0.3) is 11.3 Å². The number of hydrogen-bond donors (Lipinski definition) is 0. The first kappa shape index (κ1) is 10.8. The largest absolute Gasteiger partial charge is 0.338 e. The summed E-state index contributed by atoms with van der Waals surface area (Å²) in [5, 5.41) is 4.35. The summed E-state index contributed by atoms with van der Waals surface area (Å²) in [5.74, 6) is 0. The number of nitrogens with zero attached hydrogens (tertiary/aromatic N) is 2. The van der Waals surface area contributed by atoms with Crippen LogP contribution in [-0.4, -0.2) is 16.8 Å². The first-order valence-corrected chi connectivity index (χ1v) is 7.10. The molecule has 0 N–H and O–H groups in total. The molecule has 0 amide bonds. The highest BCUT2D eigenvalue weighted by atomic mass is 32.1. The maximum absolute atomic E-state index is 4.65. The third kappa shape index (κ3) is 1.84. The monoisotopic (exact) mass is 244 g/mol. The Hall–Kier alpha value is -1.35. The van der Waals surface area contributed by atoms with Crippen LogP contribution < -0.4 is 0 Å². The lowest BCUT2D eigenvalue weighted by molar-refractivity contribution is 0.689. The van der Waals surface area contributed by atoms with Crippen LogP contribution in [0.2, 0.25) is 0 Å². The highest BCUT2D eigenvalue weighted by Crippen LogP contribution is 2.27. The van der Waals surface area contributed by atoms with Crippen molar-refractivity contribution in [3.8, 4) is 11.3 Å². The summed E-state index contributed by atoms with van der Waals surface area (Å²) >= 11 is 1.76. The van der Waals surface area contributed by atoms with Gasteiger partial charge in [-0.25, -0.2) is 0 Å². The van der Waals surface area contributed by atoms with E-state index in [1.165, 1.54) is 22.7 Å². The van der Waals surface area contributed by atoms with Crippen LogP contribution >= 0.6 is 11.3 Å². The zero-order valence-electron chi connectivity index (χ0n) is 10.0. The molecule has 0 radical (unpaired) electrons. The van der Waals surface area contributed by atoms with E-state index in [0.29, 0.717) is 0 Å². The summed E-state index contributed by atoms with van der Waals surface area (Å²) in [4.78, 5) is 4.65. The molecule has 0 aromatic carbocycles. The minimum absolute atomic E-state index is 0.925. The topological polar surface area (TPSA) is 17.3 Å². The van der Waals surface area contributed by atoms with Gasteiger partial charge in [-0.3, -0.25) is 4.99 Å². The Morgan fingerprint density at radius 1 is 1.29 bits per heavy atom. The zero-order valence-corrected chi connectivity index (χ0v) is 10.8. The van der Waals surface area contributed by atoms with E-state index in [9.17, 15) is 0 Å². The molecule has 0 bridgehead atoms. The number of thiophene rings is 1. The van der Waals surface area contributed by atoms with Gasteiger partial charge in [0.15, 0.2) is 0 Å². The Kier molecular flexibility index (Phi) is 2.85. The van der Waals surface area contributed by atoms with Gasteiger partial charge in [-0.1, -0.05) is 13.3 Å². The lowest BCUT2D eigenvalue weighted by Gasteiger charge is -2.18. The molecule has 0 atom stereocenters. The number of hydrogen-bond acceptors (Lipinski definition) is 2. The van der Waals surface area contributed by atoms with Crippen molar-refractivity contribution in [3.63, 3.8) is 0 Å². The molecule has 3 heterocycles. The first-order valence-electron chi connectivity index (χ1n) is 6.16. The fourth-order valence-corrected chi connectivity index (χ4v) is 3.08. The fraction of sp³-hybridized carbons (Fsp3) is 0.357. The number of fused-ring (bicyclic) bond motifs is 1. The van der Waals surface area contributed by atoms with Crippen LogP contribution in [0.1, 0.15) is 25.5 Å². The van der Waals surface area contributed by atoms with Crippen molar-refractivity contribution in [2.75, 3.05) is 6.54 Å². The van der Waals surface area contributed by atoms with Crippen molar-refractivity contribution in [1.29, 1.82) is 0 Å². The van der Waals surface area contributed by atoms with E-state index in [2.05, 4.69) is 45.4 Å². The second-order valence-corrected chi connectivity index (χ2v) is 5.13. The van der Waals surface area contributed by atoms with Crippen LogP contribution in [0.4, 0.5) is 0 Å². The fourth-order valence-electron chi connectivity index (χ4n) is 2.43. The summed E-state index contributed by atoms with van der Waals surface area (Å²) < 4.78 is 2.42. The van der Waals surface area contributed by atoms with E-state index in [4.69, 9.17) is 0 Å². The molecule has 3 heteroatoms. The maximum atomic E-state index is 4.65. The van der Waals surface area contributed by atoms with Gasteiger partial charge >= 0.3 is 0 Å². The molecule has 17 heavy (non-hydrogen) atoms. The number of aromatic nitrogens is 1. The highest BCUT2D eigenvalue weighted by Gasteiger charge is 2.16. The molecule has 0 unspecified atom stereocenters. The zero-order chi connectivity index (χ0) is 11.7. The summed E-state index contributed by atoms with van der Waals surface area (Å²) in [6, 6.07) is 6.65. The van der Waals surface area contributed by atoms with E-state index in [1.54, 1.807) is 11.3 Å². The summed E-state index contributed by atoms with van der Waals surface area (Å²) in [7, 11) is 0. The quantitative estimate of drug-likeness (QED) is 0.781. The van der Waals surface area contributed by atoms with Crippen molar-refractivity contribution >= 4 is 17.0 Å². The maximum Gasteiger partial charge on any atom is 0.0626 e. The third-order valence-corrected chi connectivity index (χ3v) is 3.89. The van der Waals surface area contributed by atoms with Gasteiger partial charge in [-0.2, -0.15) is 11.3 Å². The molecule has 2 nitrogen and oxygen atoms in total. The molecule has 0 spiro atoms. The molecule has 0 fully saturated rings. The van der Waals surface area contributed by atoms with Gasteiger partial charge in [0.2, 0.25) is 0 Å². The predicted octanol–water partition coefficient (Wildman–Crippen LogP) is 3.82. The molecule has 0 saturated carbocycles. The minimum atomic E-state index is 0.925. The van der Waals surface area contributed by atoms with Gasteiger partial charge in [-0.05, 0) is 30.0 Å². The first-order chi connectivity index (χ1) is 8.40. The molecule has 2 aromatic heterocycles. The predicted molar refractivity (Wildman–Crippen MR) is 74.1 cm³/mol. The normalized spacial score (nSPS) is 14.5. The standard InChI is InChI=1S/C14H16N2S/c1-2-3-12-14-5-4-13(11-6-9-17-10-11)16(14)8-7-15-12/h4-6,9-10H,2-3,7-8H2,1H3. The minimum Gasteiger partial charge on any atom is -0.338 e. The van der Waals surface area contributed by atoms with E-state index >= 15 is 0 Å². The van der Waals surface area contributed by atoms with Crippen molar-refractivity contribution in [3.05, 3.63) is 34.7 Å². The molecule has 0 aliphatic carbocycles. The van der Waals surface area contributed by atoms with Gasteiger partial charge < -0.3 is 4.57 Å². The Morgan fingerprint density at radius 3 is 2.94 bits per heavy atom. The van der Waals surface area contributed by atoms with Gasteiger partial charge in [0.1, 0.15) is 0 Å². The molecule has 0 saturated heterocycles. The third-order valence-electron chi connectivity index (χ3n) is 3.21. The smallest absolute Gasteiger partial charge is 0.0626 e. The van der Waals surface area contributed by atoms with Crippen molar-refractivity contribution in [2.24, 2.45) is 4.99 Å². The summed E-state index contributed by atoms with van der Waals surface area (Å²) in [6.45, 7) is 4.15. The van der Waals surface area contributed by atoms with Gasteiger partial charge in [0.05, 0.1) is 18.0 Å². The lowest BCUT2D eigenvalue weighted by Crippen LogP contribution is -2.18. The highest BCUT2D eigenvalue weighted by molar-refractivity contribution is 7.08. The average molecular weight is 244 g/mol. The SMILES string of the molecule is CCCC1=NCCn2c1ccc2-c1ccsc1. The van der Waals surface area contributed by atoms with Crippen LogP contribution in [0.15, 0.2) is 34.0 Å². The van der Waals surface area contributed by atoms with Gasteiger partial charge in [0.25, 0.3) is 0 Å². The number of aliphatic imine (C=N–C) groups is 1. The Balaban J connectivity index is 2.04. The molecular weight excluding hydrogens is 228 g/mol. The Morgan fingerprint density at radius 2 is 2.18 bits per heavy atom. The van der Waals surface area contributed by atoms with E-state index in [-0.39, 0.29) is 0 Å². The Bertz CT molecular complexity index is 535. The van der Waals surface area contributed by atoms with Crippen LogP contribution in [0, 0.1) is 0 Å². The second kappa shape index (κ2) is 4.49. The van der Waals surface area contributed by atoms with Crippen LogP contribution in [-0.2, 0) is 6.54 Å². The number of rotatable bonds is 3. The van der Waals surface area contributed by atoms with E-state index in [1.807, 2.05) is 0 Å². The molecule has 2 aromatic rings. The molecule has 1 aliphatic rings. The van der Waals surface area contributed by atoms with Crippen molar-refractivity contribution < 1.29 is 0 Å². The van der Waals surface area contributed by atoms with Gasteiger partial charge in [-0.15, -0.1) is 0 Å². The lowest BCUT2D eigenvalue weighted by atomic mass is 10.1. The van der Waals surface area contributed by atoms with Gasteiger partial charge in [0, 0.05) is 23.2 Å². The van der Waals surface area contributed by atoms with Crippen molar-refractivity contribution in [2.45, 2.75) is 26.3 Å². The van der Waals surface area contributed by atoms with Crippen LogP contribution in [0.5, 0.6) is 0 Å². The van der Waals surface area contributed by atoms with Crippen molar-refractivity contribution in [1.82, 2.24) is 4.57 Å². The Labute approximate surface area is 106 Å². The average Bonchev–Trinajstić information content (AvgIpc) is 2.97. The molecular formula is C14H16N2S. The molecule has 88 valence electrons. The molecule has 1 aliphatic heterocycles. The summed E-state index contributed by atoms with van der Waals surface area (Å²) in [6.07, 6.45) is 2.25. The molecule has 3 rings (SSSR count).